The van der Waals surface area contributed by atoms with Crippen molar-refractivity contribution in [1.29, 1.82) is 0 Å². The maximum absolute atomic E-state index is 10.5. The molecule has 0 spiro atoms. The Hall–Kier alpha value is -3.01. The molecule has 3 rings (SSSR count). The summed E-state index contributed by atoms with van der Waals surface area (Å²) in [4.78, 5) is 7.51. The molecule has 1 atom stereocenters. The Kier molecular flexibility index (Phi) is 3.43. The highest BCUT2D eigenvalue weighted by atomic mass is 16.3. The molecule has 1 heterocycles. The van der Waals surface area contributed by atoms with E-state index in [2.05, 4.69) is 9.77 Å². The van der Waals surface area contributed by atoms with Gasteiger partial charge in [0.05, 0.1) is 5.69 Å². The fraction of sp³-hybridized carbons (Fsp3) is 0.0588. The molecule has 3 N–H and O–H groups in total. The Morgan fingerprint density at radius 2 is 1.77 bits per heavy atom. The number of aliphatic hydroxyl groups is 1. The van der Waals surface area contributed by atoms with Crippen LogP contribution in [-0.2, 0) is 5.54 Å². The molecule has 5 nitrogen and oxygen atoms in total. The van der Waals surface area contributed by atoms with E-state index in [9.17, 15) is 10.6 Å². The van der Waals surface area contributed by atoms with Crippen molar-refractivity contribution in [3.63, 3.8) is 0 Å². The van der Waals surface area contributed by atoms with Crippen LogP contribution in [0, 0.1) is 0 Å². The summed E-state index contributed by atoms with van der Waals surface area (Å²) in [5, 5.41) is 10.5. The molecule has 5 heteroatoms. The number of nitrogens with two attached hydrogens (primary N) is 1. The summed E-state index contributed by atoms with van der Waals surface area (Å²) in [5.41, 5.74) is 16.4. The van der Waals surface area contributed by atoms with Gasteiger partial charge in [0.1, 0.15) is 5.76 Å². The molecule has 0 fully saturated rings. The lowest BCUT2D eigenvalue weighted by atomic mass is 9.79. The van der Waals surface area contributed by atoms with Crippen molar-refractivity contribution < 1.29 is 9.90 Å². The topological polar surface area (TPSA) is 95.5 Å². The highest BCUT2D eigenvalue weighted by Crippen LogP contribution is 2.33. The van der Waals surface area contributed by atoms with Crippen molar-refractivity contribution in [3.05, 3.63) is 89.4 Å². The first-order chi connectivity index (χ1) is 10.7. The Morgan fingerprint density at radius 1 is 1.05 bits per heavy atom. The first-order valence-corrected chi connectivity index (χ1v) is 6.77. The zero-order chi connectivity index (χ0) is 15.6. The molecule has 1 aliphatic carbocycles. The van der Waals surface area contributed by atoms with Gasteiger partial charge in [-0.15, -0.1) is 0 Å². The fourth-order valence-corrected chi connectivity index (χ4v) is 2.48. The molecule has 0 aliphatic heterocycles. The van der Waals surface area contributed by atoms with Crippen molar-refractivity contribution in [1.82, 2.24) is 4.98 Å². The summed E-state index contributed by atoms with van der Waals surface area (Å²) in [6, 6.07) is 14.5. The molecule has 0 saturated heterocycles. The first-order valence-electron chi connectivity index (χ1n) is 6.77. The van der Waals surface area contributed by atoms with Crippen LogP contribution in [-0.4, -0.2) is 20.6 Å². The summed E-state index contributed by atoms with van der Waals surface area (Å²) in [6.07, 6.45) is 4.82. The minimum Gasteiger partial charge on any atom is -0.509 e. The average molecular weight is 290 g/mol. The van der Waals surface area contributed by atoms with Crippen LogP contribution in [0.2, 0.25) is 0 Å². The molecule has 0 saturated carbocycles. The Bertz CT molecular complexity index is 805. The number of allylic oxidation sites excluding steroid dienone is 2. The van der Waals surface area contributed by atoms with E-state index in [0.717, 1.165) is 0 Å². The van der Waals surface area contributed by atoms with Crippen LogP contribution in [0.15, 0.2) is 72.6 Å². The molecule has 1 aromatic heterocycles. The number of benzene rings is 1. The molecular formula is C17H14N4O. The summed E-state index contributed by atoms with van der Waals surface area (Å²) in [6.45, 7) is 0. The standard InChI is InChI=1S/C17H14N4O/c18-17(13-6-2-1-3-7-13)15(21-19)10-12(11-16(17)22)14-8-4-5-9-20-14/h1-11,22H,18H2. The van der Waals surface area contributed by atoms with Gasteiger partial charge in [0.25, 0.3) is 0 Å². The third kappa shape index (κ3) is 2.15. The van der Waals surface area contributed by atoms with Crippen LogP contribution in [0.1, 0.15) is 11.3 Å². The lowest BCUT2D eigenvalue weighted by Gasteiger charge is -2.27. The van der Waals surface area contributed by atoms with Gasteiger partial charge in [-0.2, -0.15) is 4.79 Å². The quantitative estimate of drug-likeness (QED) is 0.656. The predicted molar refractivity (Wildman–Crippen MR) is 83.9 cm³/mol. The summed E-state index contributed by atoms with van der Waals surface area (Å²) < 4.78 is 0. The zero-order valence-electron chi connectivity index (χ0n) is 11.7. The van der Waals surface area contributed by atoms with Crippen molar-refractivity contribution in [2.75, 3.05) is 0 Å². The largest absolute Gasteiger partial charge is 0.509 e. The fourth-order valence-electron chi connectivity index (χ4n) is 2.48. The van der Waals surface area contributed by atoms with Crippen LogP contribution in [0.25, 0.3) is 11.1 Å². The van der Waals surface area contributed by atoms with Gasteiger partial charge in [0.15, 0.2) is 0 Å². The Balaban J connectivity index is 2.14. The second kappa shape index (κ2) is 5.41. The molecule has 1 aliphatic rings. The minimum absolute atomic E-state index is 0.102. The van der Waals surface area contributed by atoms with Crippen LogP contribution >= 0.6 is 0 Å². The number of aromatic nitrogens is 1. The van der Waals surface area contributed by atoms with Crippen molar-refractivity contribution in [2.24, 2.45) is 5.73 Å². The second-order valence-electron chi connectivity index (χ2n) is 5.00. The predicted octanol–water partition coefficient (Wildman–Crippen LogP) is 2.45. The van der Waals surface area contributed by atoms with Gasteiger partial charge in [-0.3, -0.25) is 4.98 Å². The first kappa shape index (κ1) is 13.9. The van der Waals surface area contributed by atoms with E-state index in [1.807, 2.05) is 24.3 Å². The molecule has 0 radical (unpaired) electrons. The number of aliphatic hydroxyl groups excluding tert-OH is 1. The van der Waals surface area contributed by atoms with E-state index in [0.29, 0.717) is 16.8 Å². The number of hydrogen-bond acceptors (Lipinski definition) is 3. The number of rotatable bonds is 2. The number of pyridine rings is 1. The molecule has 1 unspecified atom stereocenters. The molecule has 0 bridgehead atoms. The van der Waals surface area contributed by atoms with Crippen molar-refractivity contribution in [3.8, 4) is 0 Å². The van der Waals surface area contributed by atoms with Crippen LogP contribution in [0.4, 0.5) is 0 Å². The zero-order valence-corrected chi connectivity index (χ0v) is 11.7. The van der Waals surface area contributed by atoms with Gasteiger partial charge in [0, 0.05) is 17.8 Å². The Morgan fingerprint density at radius 3 is 2.41 bits per heavy atom. The van der Waals surface area contributed by atoms with E-state index < -0.39 is 5.54 Å². The highest BCUT2D eigenvalue weighted by molar-refractivity contribution is 6.09. The summed E-state index contributed by atoms with van der Waals surface area (Å²) in [7, 11) is 0. The van der Waals surface area contributed by atoms with Gasteiger partial charge < -0.3 is 16.4 Å². The van der Waals surface area contributed by atoms with Gasteiger partial charge in [0.2, 0.25) is 5.54 Å². The Labute approximate surface area is 127 Å². The molecule has 2 aromatic rings. The van der Waals surface area contributed by atoms with Gasteiger partial charge >= 0.3 is 5.71 Å². The average Bonchev–Trinajstić information content (AvgIpc) is 2.58. The maximum atomic E-state index is 10.5. The molecule has 22 heavy (non-hydrogen) atoms. The van der Waals surface area contributed by atoms with Crippen LogP contribution in [0.5, 0.6) is 0 Å². The molecule has 1 aromatic carbocycles. The summed E-state index contributed by atoms with van der Waals surface area (Å²) >= 11 is 0. The highest BCUT2D eigenvalue weighted by Gasteiger charge is 2.45. The molecule has 108 valence electrons. The van der Waals surface area contributed by atoms with Gasteiger partial charge in [-0.25, -0.2) is 0 Å². The normalized spacial score (nSPS) is 20.9. The smallest absolute Gasteiger partial charge is 0.324 e. The monoisotopic (exact) mass is 290 g/mol. The number of hydrogen-bond donors (Lipinski definition) is 2. The summed E-state index contributed by atoms with van der Waals surface area (Å²) in [5.74, 6) is -0.102. The number of nitrogens with zero attached hydrogens (tertiary/aromatic N) is 3. The van der Waals surface area contributed by atoms with E-state index >= 15 is 0 Å². The second-order valence-corrected chi connectivity index (χ2v) is 5.00. The van der Waals surface area contributed by atoms with Gasteiger partial charge in [-0.1, -0.05) is 36.4 Å². The van der Waals surface area contributed by atoms with Crippen LogP contribution < -0.4 is 5.73 Å². The van der Waals surface area contributed by atoms with Crippen molar-refractivity contribution in [2.45, 2.75) is 5.54 Å². The van der Waals surface area contributed by atoms with E-state index in [-0.39, 0.29) is 11.5 Å². The SMILES string of the molecule is [N-]=[N+]=C1C=C(c2ccccn2)C=C(O)C1(N)c1ccccc1. The van der Waals surface area contributed by atoms with E-state index in [1.165, 1.54) is 0 Å². The minimum atomic E-state index is -1.38. The van der Waals surface area contributed by atoms with Crippen molar-refractivity contribution >= 4 is 11.3 Å². The lowest BCUT2D eigenvalue weighted by molar-refractivity contribution is -0.0130. The van der Waals surface area contributed by atoms with Gasteiger partial charge in [-0.05, 0) is 23.8 Å². The molecule has 0 amide bonds. The maximum Gasteiger partial charge on any atom is 0.324 e. The third-order valence-corrected chi connectivity index (χ3v) is 3.69. The lowest BCUT2D eigenvalue weighted by Crippen LogP contribution is -2.48. The van der Waals surface area contributed by atoms with E-state index in [1.54, 1.807) is 42.6 Å². The third-order valence-electron chi connectivity index (χ3n) is 3.69. The van der Waals surface area contributed by atoms with E-state index in [4.69, 9.17) is 5.73 Å². The molecular weight excluding hydrogens is 276 g/mol. The van der Waals surface area contributed by atoms with Crippen LogP contribution in [0.3, 0.4) is 0 Å².